The third kappa shape index (κ3) is 3.35. The molecule has 92 valence electrons. The lowest BCUT2D eigenvalue weighted by Crippen LogP contribution is -2.35. The van der Waals surface area contributed by atoms with Crippen LogP contribution in [0, 0.1) is 0 Å². The van der Waals surface area contributed by atoms with E-state index in [0.29, 0.717) is 12.2 Å². The summed E-state index contributed by atoms with van der Waals surface area (Å²) in [6, 6.07) is 18.9. The molecule has 0 radical (unpaired) electrons. The summed E-state index contributed by atoms with van der Waals surface area (Å²) in [5.41, 5.74) is 6.39. The second-order valence-electron chi connectivity index (χ2n) is 4.01. The van der Waals surface area contributed by atoms with Gasteiger partial charge in [-0.05, 0) is 17.7 Å². The summed E-state index contributed by atoms with van der Waals surface area (Å²) in [4.78, 5) is 11.4. The number of para-hydroxylation sites is 1. The monoisotopic (exact) mass is 241 g/mol. The van der Waals surface area contributed by atoms with Gasteiger partial charge in [-0.1, -0.05) is 48.5 Å². The van der Waals surface area contributed by atoms with Crippen molar-refractivity contribution >= 4 is 5.91 Å². The first kappa shape index (κ1) is 12.2. The molecule has 0 aromatic heterocycles. The predicted molar refractivity (Wildman–Crippen MR) is 70.2 cm³/mol. The van der Waals surface area contributed by atoms with E-state index in [0.717, 1.165) is 5.56 Å². The first-order valence-corrected chi connectivity index (χ1v) is 5.80. The average molecular weight is 241 g/mol. The maximum absolute atomic E-state index is 11.4. The highest BCUT2D eigenvalue weighted by molar-refractivity contribution is 5.79. The molecule has 0 saturated heterocycles. The van der Waals surface area contributed by atoms with Crippen LogP contribution in [0.25, 0.3) is 0 Å². The lowest BCUT2D eigenvalue weighted by Gasteiger charge is -2.16. The summed E-state index contributed by atoms with van der Waals surface area (Å²) in [6.45, 7) is 0. The number of ether oxygens (including phenoxy) is 1. The number of carbonyl (C=O) groups is 1. The fourth-order valence-electron chi connectivity index (χ4n) is 1.69. The molecule has 18 heavy (non-hydrogen) atoms. The van der Waals surface area contributed by atoms with Crippen LogP contribution in [0.4, 0.5) is 0 Å². The van der Waals surface area contributed by atoms with E-state index >= 15 is 0 Å². The third-order valence-electron chi connectivity index (χ3n) is 2.60. The Hall–Kier alpha value is -2.29. The van der Waals surface area contributed by atoms with Crippen LogP contribution in [0.1, 0.15) is 5.56 Å². The quantitative estimate of drug-likeness (QED) is 0.872. The SMILES string of the molecule is NC(=O)[C@H](Cc1ccccc1)Oc1ccccc1. The van der Waals surface area contributed by atoms with Crippen LogP contribution in [-0.4, -0.2) is 12.0 Å². The first-order chi connectivity index (χ1) is 8.75. The molecule has 0 aliphatic carbocycles. The zero-order valence-corrected chi connectivity index (χ0v) is 9.95. The van der Waals surface area contributed by atoms with Crippen molar-refractivity contribution in [2.45, 2.75) is 12.5 Å². The normalized spacial score (nSPS) is 11.8. The third-order valence-corrected chi connectivity index (χ3v) is 2.60. The Labute approximate surface area is 106 Å². The highest BCUT2D eigenvalue weighted by atomic mass is 16.5. The van der Waals surface area contributed by atoms with Crippen molar-refractivity contribution in [3.63, 3.8) is 0 Å². The minimum absolute atomic E-state index is 0.456. The molecule has 3 nitrogen and oxygen atoms in total. The van der Waals surface area contributed by atoms with Crippen molar-refractivity contribution in [1.29, 1.82) is 0 Å². The van der Waals surface area contributed by atoms with Gasteiger partial charge in [0.05, 0.1) is 0 Å². The second-order valence-corrected chi connectivity index (χ2v) is 4.01. The molecule has 0 saturated carbocycles. The molecule has 3 heteroatoms. The van der Waals surface area contributed by atoms with Crippen LogP contribution < -0.4 is 10.5 Å². The molecular formula is C15H15NO2. The Morgan fingerprint density at radius 3 is 2.11 bits per heavy atom. The number of hydrogen-bond donors (Lipinski definition) is 1. The zero-order chi connectivity index (χ0) is 12.8. The maximum Gasteiger partial charge on any atom is 0.258 e. The molecule has 0 unspecified atom stereocenters. The van der Waals surface area contributed by atoms with Gasteiger partial charge in [0, 0.05) is 6.42 Å². The van der Waals surface area contributed by atoms with Gasteiger partial charge in [0.1, 0.15) is 5.75 Å². The maximum atomic E-state index is 11.4. The molecule has 0 bridgehead atoms. The van der Waals surface area contributed by atoms with Crippen LogP contribution in [0.2, 0.25) is 0 Å². The smallest absolute Gasteiger partial charge is 0.258 e. The van der Waals surface area contributed by atoms with E-state index in [1.54, 1.807) is 12.1 Å². The van der Waals surface area contributed by atoms with E-state index in [1.807, 2.05) is 48.5 Å². The van der Waals surface area contributed by atoms with Gasteiger partial charge in [0.15, 0.2) is 6.10 Å². The summed E-state index contributed by atoms with van der Waals surface area (Å²) in [7, 11) is 0. The Kier molecular flexibility index (Phi) is 3.97. The van der Waals surface area contributed by atoms with E-state index < -0.39 is 12.0 Å². The van der Waals surface area contributed by atoms with Crippen LogP contribution in [0.5, 0.6) is 5.75 Å². The summed E-state index contributed by atoms with van der Waals surface area (Å²) in [5, 5.41) is 0. The van der Waals surface area contributed by atoms with E-state index in [9.17, 15) is 4.79 Å². The van der Waals surface area contributed by atoms with Gasteiger partial charge in [-0.3, -0.25) is 4.79 Å². The van der Waals surface area contributed by atoms with E-state index in [-0.39, 0.29) is 0 Å². The number of nitrogens with two attached hydrogens (primary N) is 1. The van der Waals surface area contributed by atoms with Crippen molar-refractivity contribution in [2.75, 3.05) is 0 Å². The van der Waals surface area contributed by atoms with E-state index in [1.165, 1.54) is 0 Å². The standard InChI is InChI=1S/C15H15NO2/c16-15(17)14(11-12-7-3-1-4-8-12)18-13-9-5-2-6-10-13/h1-10,14H,11H2,(H2,16,17)/t14-/m0/s1. The lowest BCUT2D eigenvalue weighted by atomic mass is 10.1. The highest BCUT2D eigenvalue weighted by Gasteiger charge is 2.17. The molecule has 2 aromatic carbocycles. The number of primary amides is 1. The summed E-state index contributed by atoms with van der Waals surface area (Å²) in [6.07, 6.45) is -0.166. The molecule has 1 atom stereocenters. The van der Waals surface area contributed by atoms with E-state index in [4.69, 9.17) is 10.5 Å². The summed E-state index contributed by atoms with van der Waals surface area (Å²) < 4.78 is 5.61. The van der Waals surface area contributed by atoms with Gasteiger partial charge in [-0.15, -0.1) is 0 Å². The molecule has 0 aliphatic heterocycles. The number of rotatable bonds is 5. The summed E-state index contributed by atoms with van der Waals surface area (Å²) in [5.74, 6) is 0.194. The van der Waals surface area contributed by atoms with Gasteiger partial charge in [-0.2, -0.15) is 0 Å². The molecule has 2 N–H and O–H groups in total. The second kappa shape index (κ2) is 5.87. The number of benzene rings is 2. The van der Waals surface area contributed by atoms with Crippen molar-refractivity contribution in [3.05, 3.63) is 66.2 Å². The van der Waals surface area contributed by atoms with Crippen molar-refractivity contribution in [3.8, 4) is 5.75 Å². The molecule has 0 spiro atoms. The van der Waals surface area contributed by atoms with Gasteiger partial charge < -0.3 is 10.5 Å². The number of hydrogen-bond acceptors (Lipinski definition) is 2. The molecule has 2 rings (SSSR count). The van der Waals surface area contributed by atoms with E-state index in [2.05, 4.69) is 0 Å². The van der Waals surface area contributed by atoms with Gasteiger partial charge in [-0.25, -0.2) is 0 Å². The van der Waals surface area contributed by atoms with Crippen molar-refractivity contribution < 1.29 is 9.53 Å². The number of amides is 1. The summed E-state index contributed by atoms with van der Waals surface area (Å²) >= 11 is 0. The first-order valence-electron chi connectivity index (χ1n) is 5.80. The van der Waals surface area contributed by atoms with Crippen LogP contribution in [0.15, 0.2) is 60.7 Å². The van der Waals surface area contributed by atoms with Crippen molar-refractivity contribution in [1.82, 2.24) is 0 Å². The van der Waals surface area contributed by atoms with Crippen LogP contribution >= 0.6 is 0 Å². The number of carbonyl (C=O) groups excluding carboxylic acids is 1. The molecular weight excluding hydrogens is 226 g/mol. The fourth-order valence-corrected chi connectivity index (χ4v) is 1.69. The Morgan fingerprint density at radius 2 is 1.56 bits per heavy atom. The topological polar surface area (TPSA) is 52.3 Å². The average Bonchev–Trinajstić information content (AvgIpc) is 2.40. The van der Waals surface area contributed by atoms with Gasteiger partial charge >= 0.3 is 0 Å². The molecule has 0 heterocycles. The highest BCUT2D eigenvalue weighted by Crippen LogP contribution is 2.13. The largest absolute Gasteiger partial charge is 0.480 e. The Bertz CT molecular complexity index is 455. The minimum atomic E-state index is -0.644. The zero-order valence-electron chi connectivity index (χ0n) is 9.95. The minimum Gasteiger partial charge on any atom is -0.480 e. The Morgan fingerprint density at radius 1 is 1.00 bits per heavy atom. The van der Waals surface area contributed by atoms with Crippen molar-refractivity contribution in [2.24, 2.45) is 5.73 Å². The fraction of sp³-hybridized carbons (Fsp3) is 0.133. The molecule has 0 aliphatic rings. The van der Waals surface area contributed by atoms with Crippen LogP contribution in [0.3, 0.4) is 0 Å². The molecule has 1 amide bonds. The predicted octanol–water partition coefficient (Wildman–Crippen LogP) is 2.16. The lowest BCUT2D eigenvalue weighted by molar-refractivity contribution is -0.124. The molecule has 0 fully saturated rings. The van der Waals surface area contributed by atoms with Gasteiger partial charge in [0.2, 0.25) is 0 Å². The van der Waals surface area contributed by atoms with Crippen LogP contribution in [-0.2, 0) is 11.2 Å². The van der Waals surface area contributed by atoms with Gasteiger partial charge in [0.25, 0.3) is 5.91 Å². The Balaban J connectivity index is 2.08. The molecule has 2 aromatic rings.